The van der Waals surface area contributed by atoms with Crippen LogP contribution in [0.2, 0.25) is 0 Å². The molecule has 12 heteroatoms. The van der Waals surface area contributed by atoms with E-state index in [1.807, 2.05) is 18.2 Å². The summed E-state index contributed by atoms with van der Waals surface area (Å²) < 4.78 is 45.7. The number of carbonyl (C=O) groups is 2. The average molecular weight is 616 g/mol. The number of hydrogen-bond donors (Lipinski definition) is 2. The predicted molar refractivity (Wildman–Crippen MR) is 159 cm³/mol. The Morgan fingerprint density at radius 3 is 2.34 bits per heavy atom. The Morgan fingerprint density at radius 2 is 1.68 bits per heavy atom. The van der Waals surface area contributed by atoms with Gasteiger partial charge in [0.25, 0.3) is 15.9 Å². The summed E-state index contributed by atoms with van der Waals surface area (Å²) in [6.07, 6.45) is 0.655. The van der Waals surface area contributed by atoms with E-state index < -0.39 is 27.7 Å². The quantitative estimate of drug-likeness (QED) is 0.246. The Hall–Kier alpha value is -3.77. The van der Waals surface area contributed by atoms with Crippen molar-refractivity contribution in [1.29, 1.82) is 0 Å². The highest BCUT2D eigenvalue weighted by molar-refractivity contribution is 7.92. The number of rotatable bonds is 8. The van der Waals surface area contributed by atoms with Crippen LogP contribution in [0.25, 0.3) is 0 Å². The fourth-order valence-electron chi connectivity index (χ4n) is 4.53. The minimum Gasteiger partial charge on any atom is -0.465 e. The maximum atomic E-state index is 13.2. The van der Waals surface area contributed by atoms with E-state index in [-0.39, 0.29) is 28.6 Å². The summed E-state index contributed by atoms with van der Waals surface area (Å²) in [5.74, 6) is -1.49. The molecule has 1 aromatic heterocycles. The predicted octanol–water partition coefficient (Wildman–Crippen LogP) is 5.71. The van der Waals surface area contributed by atoms with Crippen molar-refractivity contribution >= 4 is 56.3 Å². The summed E-state index contributed by atoms with van der Waals surface area (Å²) in [6, 6.07) is 20.5. The van der Waals surface area contributed by atoms with Crippen molar-refractivity contribution in [2.45, 2.75) is 24.4 Å². The van der Waals surface area contributed by atoms with Crippen molar-refractivity contribution in [2.24, 2.45) is 0 Å². The van der Waals surface area contributed by atoms with Gasteiger partial charge in [0.15, 0.2) is 0 Å². The van der Waals surface area contributed by atoms with Crippen LogP contribution in [0.4, 0.5) is 15.1 Å². The molecule has 1 aliphatic rings. The van der Waals surface area contributed by atoms with Crippen LogP contribution in [-0.4, -0.2) is 38.8 Å². The van der Waals surface area contributed by atoms with Crippen molar-refractivity contribution in [2.75, 3.05) is 23.7 Å². The SMILES string of the molecule is COC(=O)c1c(NC(=O)c2ccc(NS(=O)(=O)c3ccc(F)cc3)cc2)sc2c1CCN(Cc1ccccc1)C2.Cl. The molecule has 0 saturated heterocycles. The molecule has 0 atom stereocenters. The molecule has 0 fully saturated rings. The first-order chi connectivity index (χ1) is 19.2. The summed E-state index contributed by atoms with van der Waals surface area (Å²) >= 11 is 1.36. The van der Waals surface area contributed by atoms with Crippen LogP contribution in [0, 0.1) is 5.82 Å². The molecule has 2 N–H and O–H groups in total. The molecule has 0 aliphatic carbocycles. The van der Waals surface area contributed by atoms with Crippen LogP contribution in [0.3, 0.4) is 0 Å². The van der Waals surface area contributed by atoms with Gasteiger partial charge in [-0.3, -0.25) is 14.4 Å². The van der Waals surface area contributed by atoms with E-state index in [4.69, 9.17) is 4.74 Å². The second-order valence-electron chi connectivity index (χ2n) is 9.24. The molecule has 1 aliphatic heterocycles. The van der Waals surface area contributed by atoms with E-state index >= 15 is 0 Å². The first-order valence-electron chi connectivity index (χ1n) is 12.4. The number of anilines is 2. The number of esters is 1. The van der Waals surface area contributed by atoms with Gasteiger partial charge >= 0.3 is 5.97 Å². The highest BCUT2D eigenvalue weighted by atomic mass is 35.5. The van der Waals surface area contributed by atoms with Crippen molar-refractivity contribution in [3.63, 3.8) is 0 Å². The summed E-state index contributed by atoms with van der Waals surface area (Å²) in [5.41, 5.74) is 2.98. The first kappa shape index (κ1) is 30.2. The smallest absolute Gasteiger partial charge is 0.341 e. The number of nitrogens with one attached hydrogen (secondary N) is 2. The number of carbonyl (C=O) groups excluding carboxylic acids is 2. The van der Waals surface area contributed by atoms with E-state index in [9.17, 15) is 22.4 Å². The number of sulfonamides is 1. The summed E-state index contributed by atoms with van der Waals surface area (Å²) in [7, 11) is -2.61. The Labute approximate surface area is 247 Å². The van der Waals surface area contributed by atoms with Crippen LogP contribution >= 0.6 is 23.7 Å². The van der Waals surface area contributed by atoms with Gasteiger partial charge in [-0.25, -0.2) is 17.6 Å². The molecule has 1 amide bonds. The number of ether oxygens (including phenoxy) is 1. The molecule has 8 nitrogen and oxygen atoms in total. The van der Waals surface area contributed by atoms with Gasteiger partial charge in [-0.15, -0.1) is 23.7 Å². The average Bonchev–Trinajstić information content (AvgIpc) is 3.30. The third-order valence-corrected chi connectivity index (χ3v) is 9.05. The number of halogens is 2. The molecule has 4 aromatic rings. The second kappa shape index (κ2) is 12.8. The lowest BCUT2D eigenvalue weighted by Crippen LogP contribution is -2.29. The number of methoxy groups -OCH3 is 1. The molecule has 41 heavy (non-hydrogen) atoms. The van der Waals surface area contributed by atoms with Crippen LogP contribution < -0.4 is 10.0 Å². The normalized spacial score (nSPS) is 13.0. The highest BCUT2D eigenvalue weighted by Gasteiger charge is 2.29. The Morgan fingerprint density at radius 1 is 1.00 bits per heavy atom. The van der Waals surface area contributed by atoms with Gasteiger partial charge in [0.1, 0.15) is 10.8 Å². The number of amides is 1. The third kappa shape index (κ3) is 6.94. The van der Waals surface area contributed by atoms with Crippen molar-refractivity contribution in [3.8, 4) is 0 Å². The number of thiophene rings is 1. The fourth-order valence-corrected chi connectivity index (χ4v) is 6.86. The molecule has 2 heterocycles. The zero-order chi connectivity index (χ0) is 28.3. The standard InChI is InChI=1S/C29H26FN3O5S2.ClH/c1-38-29(35)26-24-15-16-33(17-19-5-3-2-4-6-19)18-25(24)39-28(26)31-27(34)20-7-11-22(12-8-20)32-40(36,37)23-13-9-21(30)10-14-23;/h2-14,32H,15-18H2,1H3,(H,31,34);1H. The van der Waals surface area contributed by atoms with Crippen molar-refractivity contribution < 1.29 is 27.1 Å². The Bertz CT molecular complexity index is 1640. The lowest BCUT2D eigenvalue weighted by atomic mass is 10.0. The maximum Gasteiger partial charge on any atom is 0.341 e. The van der Waals surface area contributed by atoms with E-state index in [1.54, 1.807) is 0 Å². The molecule has 0 spiro atoms. The fraction of sp³-hybridized carbons (Fsp3) is 0.172. The van der Waals surface area contributed by atoms with Crippen molar-refractivity contribution in [3.05, 3.63) is 112 Å². The maximum absolute atomic E-state index is 13.2. The lowest BCUT2D eigenvalue weighted by molar-refractivity contribution is 0.0600. The Balaban J connectivity index is 0.00000387. The number of hydrogen-bond acceptors (Lipinski definition) is 7. The Kier molecular flexibility index (Phi) is 9.44. The summed E-state index contributed by atoms with van der Waals surface area (Å²) in [6.45, 7) is 2.20. The van der Waals surface area contributed by atoms with Gasteiger partial charge in [-0.2, -0.15) is 0 Å². The lowest BCUT2D eigenvalue weighted by Gasteiger charge is -2.27. The molecule has 0 bridgehead atoms. The van der Waals surface area contributed by atoms with Crippen LogP contribution in [0.1, 0.15) is 36.7 Å². The topological polar surface area (TPSA) is 105 Å². The summed E-state index contributed by atoms with van der Waals surface area (Å²) in [4.78, 5) is 29.0. The van der Waals surface area contributed by atoms with Gasteiger partial charge in [-0.1, -0.05) is 30.3 Å². The van der Waals surface area contributed by atoms with Gasteiger partial charge < -0.3 is 10.1 Å². The molecule has 5 rings (SSSR count). The van der Waals surface area contributed by atoms with E-state index in [1.165, 1.54) is 60.4 Å². The van der Waals surface area contributed by atoms with Gasteiger partial charge in [0, 0.05) is 35.8 Å². The molecular weight excluding hydrogens is 589 g/mol. The largest absolute Gasteiger partial charge is 0.465 e. The van der Waals surface area contributed by atoms with Gasteiger partial charge in [-0.05, 0) is 66.1 Å². The second-order valence-corrected chi connectivity index (χ2v) is 12.0. The van der Waals surface area contributed by atoms with Crippen LogP contribution in [0.15, 0.2) is 83.8 Å². The highest BCUT2D eigenvalue weighted by Crippen LogP contribution is 2.38. The summed E-state index contributed by atoms with van der Waals surface area (Å²) in [5, 5.41) is 3.27. The third-order valence-electron chi connectivity index (χ3n) is 6.52. The van der Waals surface area contributed by atoms with E-state index in [0.29, 0.717) is 23.5 Å². The van der Waals surface area contributed by atoms with Gasteiger partial charge in [0.2, 0.25) is 0 Å². The molecule has 0 unspecified atom stereocenters. The van der Waals surface area contributed by atoms with E-state index in [0.717, 1.165) is 35.7 Å². The first-order valence-corrected chi connectivity index (χ1v) is 14.7. The molecule has 214 valence electrons. The molecular formula is C29H27ClFN3O5S2. The number of fused-ring (bicyclic) bond motifs is 1. The van der Waals surface area contributed by atoms with Crippen LogP contribution in [-0.2, 0) is 34.3 Å². The van der Waals surface area contributed by atoms with Gasteiger partial charge in [0.05, 0.1) is 17.6 Å². The zero-order valence-corrected chi connectivity index (χ0v) is 24.4. The minimum absolute atomic E-state index is 0. The number of benzene rings is 3. The molecule has 0 radical (unpaired) electrons. The minimum atomic E-state index is -3.93. The van der Waals surface area contributed by atoms with Crippen molar-refractivity contribution in [1.82, 2.24) is 4.90 Å². The molecule has 0 saturated carbocycles. The number of nitrogens with zero attached hydrogens (tertiary/aromatic N) is 1. The van der Waals surface area contributed by atoms with E-state index in [2.05, 4.69) is 27.1 Å². The monoisotopic (exact) mass is 615 g/mol. The van der Waals surface area contributed by atoms with Crippen LogP contribution in [0.5, 0.6) is 0 Å². The molecule has 3 aromatic carbocycles. The zero-order valence-electron chi connectivity index (χ0n) is 21.9.